The highest BCUT2D eigenvalue weighted by molar-refractivity contribution is 7.89. The summed E-state index contributed by atoms with van der Waals surface area (Å²) in [7, 11) is -4.33. The first-order chi connectivity index (χ1) is 19.3. The van der Waals surface area contributed by atoms with Crippen molar-refractivity contribution in [3.05, 3.63) is 101 Å². The van der Waals surface area contributed by atoms with Crippen LogP contribution in [0.2, 0.25) is 0 Å². The van der Waals surface area contributed by atoms with Crippen molar-refractivity contribution in [1.82, 2.24) is 14.6 Å². The summed E-state index contributed by atoms with van der Waals surface area (Å²) in [6.45, 7) is 4.47. The molecule has 1 heterocycles. The fourth-order valence-electron chi connectivity index (χ4n) is 4.74. The summed E-state index contributed by atoms with van der Waals surface area (Å²) >= 11 is 0. The minimum Gasteiger partial charge on any atom is -0.361 e. The molecular formula is C30H30F3N3O4S. The molecule has 0 saturated carbocycles. The van der Waals surface area contributed by atoms with Crippen LogP contribution in [0.3, 0.4) is 0 Å². The van der Waals surface area contributed by atoms with E-state index in [4.69, 9.17) is 0 Å². The molecule has 0 spiro atoms. The van der Waals surface area contributed by atoms with Crippen LogP contribution in [0.25, 0.3) is 10.9 Å². The van der Waals surface area contributed by atoms with Gasteiger partial charge in [0, 0.05) is 46.8 Å². The lowest BCUT2D eigenvalue weighted by Crippen LogP contribution is -2.39. The third kappa shape index (κ3) is 6.62. The van der Waals surface area contributed by atoms with Gasteiger partial charge in [0.15, 0.2) is 0 Å². The molecule has 216 valence electrons. The van der Waals surface area contributed by atoms with E-state index in [0.29, 0.717) is 22.0 Å². The molecule has 0 aliphatic carbocycles. The van der Waals surface area contributed by atoms with Crippen LogP contribution in [0.4, 0.5) is 13.2 Å². The Hall–Kier alpha value is -4.12. The predicted molar refractivity (Wildman–Crippen MR) is 150 cm³/mol. The molecule has 1 aromatic heterocycles. The fraction of sp³-hybridized carbons (Fsp3) is 0.267. The number of hydrogen-bond donors (Lipinski definition) is 2. The molecule has 4 rings (SSSR count). The zero-order valence-electron chi connectivity index (χ0n) is 22.7. The number of rotatable bonds is 9. The number of H-pyrrole nitrogens is 1. The Kier molecular flexibility index (Phi) is 8.58. The van der Waals surface area contributed by atoms with E-state index in [0.717, 1.165) is 4.31 Å². The molecule has 0 saturated heterocycles. The van der Waals surface area contributed by atoms with Crippen LogP contribution >= 0.6 is 0 Å². The van der Waals surface area contributed by atoms with Crippen molar-refractivity contribution >= 4 is 32.7 Å². The highest BCUT2D eigenvalue weighted by atomic mass is 32.2. The third-order valence-electron chi connectivity index (χ3n) is 6.82. The number of carbonyl (C=O) groups is 2. The van der Waals surface area contributed by atoms with Crippen molar-refractivity contribution in [3.63, 3.8) is 0 Å². The van der Waals surface area contributed by atoms with E-state index in [9.17, 15) is 31.2 Å². The van der Waals surface area contributed by atoms with Gasteiger partial charge in [-0.15, -0.1) is 0 Å². The Labute approximate surface area is 236 Å². The zero-order chi connectivity index (χ0) is 29.9. The molecule has 41 heavy (non-hydrogen) atoms. The highest BCUT2D eigenvalue weighted by Crippen LogP contribution is 2.35. The summed E-state index contributed by atoms with van der Waals surface area (Å²) < 4.78 is 66.9. The smallest absolute Gasteiger partial charge is 0.361 e. The van der Waals surface area contributed by atoms with Gasteiger partial charge in [-0.25, -0.2) is 12.7 Å². The fourth-order valence-corrected chi connectivity index (χ4v) is 6.54. The van der Waals surface area contributed by atoms with Crippen molar-refractivity contribution in [3.8, 4) is 0 Å². The molecule has 2 amide bonds. The number of benzene rings is 3. The number of carbonyl (C=O) groups excluding carboxylic acids is 2. The van der Waals surface area contributed by atoms with Crippen LogP contribution in [0.5, 0.6) is 0 Å². The van der Waals surface area contributed by atoms with Crippen molar-refractivity contribution < 1.29 is 31.2 Å². The van der Waals surface area contributed by atoms with Crippen LogP contribution in [0, 0.1) is 12.8 Å². The monoisotopic (exact) mass is 585 g/mol. The number of sulfonamides is 1. The molecule has 4 aromatic rings. The lowest BCUT2D eigenvalue weighted by Gasteiger charge is -2.29. The summed E-state index contributed by atoms with van der Waals surface area (Å²) in [6, 6.07) is 18.1. The minimum absolute atomic E-state index is 0.0102. The second kappa shape index (κ2) is 11.8. The maximum Gasteiger partial charge on any atom is 0.389 e. The molecule has 2 N–H and O–H groups in total. The molecule has 0 bridgehead atoms. The molecular weight excluding hydrogens is 555 g/mol. The van der Waals surface area contributed by atoms with Crippen LogP contribution < -0.4 is 5.32 Å². The lowest BCUT2D eigenvalue weighted by atomic mass is 10.0. The van der Waals surface area contributed by atoms with E-state index in [-0.39, 0.29) is 22.6 Å². The van der Waals surface area contributed by atoms with Gasteiger partial charge in [0.1, 0.15) is 0 Å². The van der Waals surface area contributed by atoms with E-state index in [2.05, 4.69) is 10.3 Å². The summed E-state index contributed by atoms with van der Waals surface area (Å²) in [4.78, 5) is 29.6. The topological polar surface area (TPSA) is 99.3 Å². The van der Waals surface area contributed by atoms with Crippen molar-refractivity contribution in [2.45, 2.75) is 44.3 Å². The Morgan fingerprint density at radius 2 is 1.61 bits per heavy atom. The number of aryl methyl sites for hydroxylation is 1. The van der Waals surface area contributed by atoms with Crippen molar-refractivity contribution in [2.24, 2.45) is 5.92 Å². The minimum atomic E-state index is -4.33. The van der Waals surface area contributed by atoms with Gasteiger partial charge in [0.25, 0.3) is 21.8 Å². The first-order valence-electron chi connectivity index (χ1n) is 12.9. The van der Waals surface area contributed by atoms with Gasteiger partial charge in [-0.05, 0) is 61.7 Å². The Morgan fingerprint density at radius 1 is 0.951 bits per heavy atom. The lowest BCUT2D eigenvalue weighted by molar-refractivity contribution is -0.142. The molecule has 0 radical (unpaired) electrons. The predicted octanol–water partition coefficient (Wildman–Crippen LogP) is 6.39. The van der Waals surface area contributed by atoms with Crippen LogP contribution in [0.1, 0.15) is 58.2 Å². The molecule has 11 heteroatoms. The van der Waals surface area contributed by atoms with E-state index < -0.39 is 46.4 Å². The maximum absolute atomic E-state index is 14.0. The molecule has 0 fully saturated rings. The zero-order valence-corrected chi connectivity index (χ0v) is 23.5. The molecule has 7 nitrogen and oxygen atoms in total. The summed E-state index contributed by atoms with van der Waals surface area (Å²) in [6.07, 6.45) is -3.77. The molecule has 3 aromatic carbocycles. The largest absolute Gasteiger partial charge is 0.389 e. The molecule has 2 unspecified atom stereocenters. The highest BCUT2D eigenvalue weighted by Gasteiger charge is 2.37. The summed E-state index contributed by atoms with van der Waals surface area (Å²) in [5, 5.41) is 3.03. The number of fused-ring (bicyclic) bond motifs is 1. The molecule has 2 atom stereocenters. The average Bonchev–Trinajstić information content (AvgIpc) is 3.34. The first-order valence-corrected chi connectivity index (χ1v) is 14.4. The molecule has 0 aliphatic rings. The van der Waals surface area contributed by atoms with E-state index >= 15 is 0 Å². The number of halogens is 3. The number of aromatic nitrogens is 1. The van der Waals surface area contributed by atoms with Crippen LogP contribution in [-0.4, -0.2) is 42.2 Å². The van der Waals surface area contributed by atoms with Crippen LogP contribution in [-0.2, 0) is 10.0 Å². The summed E-state index contributed by atoms with van der Waals surface area (Å²) in [5.41, 5.74) is 1.89. The number of nitrogens with zero attached hydrogens (tertiary/aromatic N) is 1. The third-order valence-corrected chi connectivity index (χ3v) is 8.83. The Bertz CT molecular complexity index is 1670. The van der Waals surface area contributed by atoms with Gasteiger partial charge in [0.2, 0.25) is 0 Å². The van der Waals surface area contributed by atoms with E-state index in [1.165, 1.54) is 37.3 Å². The van der Waals surface area contributed by atoms with Crippen LogP contribution in [0.15, 0.2) is 83.9 Å². The second-order valence-corrected chi connectivity index (χ2v) is 11.8. The quantitative estimate of drug-likeness (QED) is 0.238. The van der Waals surface area contributed by atoms with E-state index in [1.54, 1.807) is 62.5 Å². The molecule has 0 aliphatic heterocycles. The first kappa shape index (κ1) is 29.9. The van der Waals surface area contributed by atoms with Crippen molar-refractivity contribution in [1.29, 1.82) is 0 Å². The number of amides is 2. The second-order valence-electron chi connectivity index (χ2n) is 10.1. The van der Waals surface area contributed by atoms with Gasteiger partial charge in [-0.2, -0.15) is 13.2 Å². The van der Waals surface area contributed by atoms with Crippen molar-refractivity contribution in [2.75, 3.05) is 6.54 Å². The van der Waals surface area contributed by atoms with E-state index in [1.807, 2.05) is 0 Å². The number of aromatic amines is 1. The van der Waals surface area contributed by atoms with Gasteiger partial charge in [-0.1, -0.05) is 43.3 Å². The van der Waals surface area contributed by atoms with Gasteiger partial charge >= 0.3 is 6.18 Å². The SMILES string of the molecule is Cc1ccccc1S(=O)(=O)N(C(=O)c1ccccc1)C(C)c1c[nH]c2ccc(C(=O)NCC(C)CC(F)(F)F)cc12. The number of nitrogens with one attached hydrogen (secondary N) is 2. The average molecular weight is 586 g/mol. The number of alkyl halides is 3. The summed E-state index contributed by atoms with van der Waals surface area (Å²) in [5.74, 6) is -2.09. The van der Waals surface area contributed by atoms with Gasteiger partial charge in [0.05, 0.1) is 10.9 Å². The number of hydrogen-bond acceptors (Lipinski definition) is 4. The van der Waals surface area contributed by atoms with Gasteiger partial charge < -0.3 is 10.3 Å². The standard InChI is InChI=1S/C30H30F3N3O4S/c1-19(16-30(31,32)33)17-35-28(37)23-13-14-26-24(15-23)25(18-34-26)21(3)36(29(38)22-10-5-4-6-11-22)41(39,40)27-12-8-7-9-20(27)2/h4-15,18-19,21,34H,16-17H2,1-3H3,(H,35,37). The normalized spacial score (nSPS) is 13.5. The Balaban J connectivity index is 1.72. The maximum atomic E-state index is 14.0. The Morgan fingerprint density at radius 3 is 2.27 bits per heavy atom. The van der Waals surface area contributed by atoms with Gasteiger partial charge in [-0.3, -0.25) is 9.59 Å².